The van der Waals surface area contributed by atoms with Crippen molar-refractivity contribution in [2.45, 2.75) is 31.7 Å². The molecule has 23 heavy (non-hydrogen) atoms. The van der Waals surface area contributed by atoms with E-state index in [-0.39, 0.29) is 30.7 Å². The maximum atomic E-state index is 12.3. The summed E-state index contributed by atoms with van der Waals surface area (Å²) in [7, 11) is 0. The minimum absolute atomic E-state index is 0. The Hall–Kier alpha value is -1.63. The maximum absolute atomic E-state index is 12.3. The van der Waals surface area contributed by atoms with Gasteiger partial charge in [0.2, 0.25) is 5.91 Å². The van der Waals surface area contributed by atoms with E-state index in [1.165, 1.54) is 0 Å². The molecule has 0 aliphatic carbocycles. The third kappa shape index (κ3) is 5.49. The molecule has 1 aliphatic heterocycles. The number of amides is 1. The Labute approximate surface area is 142 Å². The van der Waals surface area contributed by atoms with Gasteiger partial charge in [0.25, 0.3) is 0 Å². The van der Waals surface area contributed by atoms with Gasteiger partial charge in [-0.1, -0.05) is 12.1 Å². The second-order valence-electron chi connectivity index (χ2n) is 5.40. The number of hydrogen-bond acceptors (Lipinski definition) is 5. The van der Waals surface area contributed by atoms with E-state index in [9.17, 15) is 9.59 Å². The van der Waals surface area contributed by atoms with Gasteiger partial charge in [-0.3, -0.25) is 9.59 Å². The normalized spacial score (nSPS) is 16.1. The largest absolute Gasteiger partial charge is 0.466 e. The zero-order valence-corrected chi connectivity index (χ0v) is 14.0. The number of hydrogen-bond donors (Lipinski definition) is 2. The van der Waals surface area contributed by atoms with E-state index in [4.69, 9.17) is 15.2 Å². The Morgan fingerprint density at radius 2 is 2.04 bits per heavy atom. The minimum atomic E-state index is -0.893. The van der Waals surface area contributed by atoms with Crippen molar-refractivity contribution in [1.82, 2.24) is 0 Å². The van der Waals surface area contributed by atoms with E-state index in [0.29, 0.717) is 38.3 Å². The second kappa shape index (κ2) is 8.86. The molecular formula is C16H23ClN2O4. The van der Waals surface area contributed by atoms with E-state index in [1.807, 2.05) is 6.07 Å². The number of anilines is 1. The number of nitrogens with two attached hydrogens (primary N) is 1. The lowest BCUT2D eigenvalue weighted by atomic mass is 9.90. The van der Waals surface area contributed by atoms with Gasteiger partial charge in [-0.2, -0.15) is 0 Å². The quantitative estimate of drug-likeness (QED) is 0.794. The Balaban J connectivity index is 0.00000264. The summed E-state index contributed by atoms with van der Waals surface area (Å²) >= 11 is 0. The fraction of sp³-hybridized carbons (Fsp3) is 0.500. The van der Waals surface area contributed by atoms with Crippen molar-refractivity contribution in [3.8, 4) is 0 Å². The van der Waals surface area contributed by atoms with Crippen LogP contribution >= 0.6 is 12.4 Å². The van der Waals surface area contributed by atoms with Gasteiger partial charge in [0.15, 0.2) is 0 Å². The molecule has 0 aromatic heterocycles. The van der Waals surface area contributed by atoms with Crippen molar-refractivity contribution in [1.29, 1.82) is 0 Å². The van der Waals surface area contributed by atoms with Gasteiger partial charge in [-0.25, -0.2) is 0 Å². The molecule has 0 unspecified atom stereocenters. The minimum Gasteiger partial charge on any atom is -0.466 e. The number of esters is 1. The van der Waals surface area contributed by atoms with Crippen LogP contribution in [0.25, 0.3) is 0 Å². The number of carbonyl (C=O) groups is 2. The van der Waals surface area contributed by atoms with Crippen LogP contribution in [0.4, 0.5) is 5.69 Å². The Bertz CT molecular complexity index is 545. The van der Waals surface area contributed by atoms with E-state index >= 15 is 0 Å². The average molecular weight is 343 g/mol. The fourth-order valence-electron chi connectivity index (χ4n) is 2.36. The highest BCUT2D eigenvalue weighted by molar-refractivity contribution is 5.98. The SMILES string of the molecule is CCOC(=O)Cc1cccc(NC(=O)C2(N)CCOCC2)c1.Cl. The number of rotatable bonds is 5. The molecule has 2 rings (SSSR count). The summed E-state index contributed by atoms with van der Waals surface area (Å²) in [6.07, 6.45) is 1.18. The van der Waals surface area contributed by atoms with Gasteiger partial charge >= 0.3 is 5.97 Å². The molecule has 1 fully saturated rings. The van der Waals surface area contributed by atoms with Gasteiger partial charge in [0, 0.05) is 18.9 Å². The third-order valence-corrected chi connectivity index (χ3v) is 3.68. The summed E-state index contributed by atoms with van der Waals surface area (Å²) in [6, 6.07) is 7.14. The summed E-state index contributed by atoms with van der Waals surface area (Å²) < 4.78 is 10.2. The van der Waals surface area contributed by atoms with Crippen LogP contribution in [0.2, 0.25) is 0 Å². The molecule has 6 nitrogen and oxygen atoms in total. The fourth-order valence-corrected chi connectivity index (χ4v) is 2.36. The number of ether oxygens (including phenoxy) is 2. The smallest absolute Gasteiger partial charge is 0.310 e. The van der Waals surface area contributed by atoms with Crippen LogP contribution in [0.1, 0.15) is 25.3 Å². The molecule has 1 aromatic carbocycles. The zero-order chi connectivity index (χ0) is 16.0. The van der Waals surface area contributed by atoms with Crippen molar-refractivity contribution in [2.24, 2.45) is 5.73 Å². The zero-order valence-electron chi connectivity index (χ0n) is 13.2. The Morgan fingerprint density at radius 3 is 2.70 bits per heavy atom. The van der Waals surface area contributed by atoms with Crippen LogP contribution in [0.15, 0.2) is 24.3 Å². The summed E-state index contributed by atoms with van der Waals surface area (Å²) in [5, 5.41) is 2.83. The lowest BCUT2D eigenvalue weighted by Gasteiger charge is -2.31. The Morgan fingerprint density at radius 1 is 1.35 bits per heavy atom. The number of benzene rings is 1. The molecule has 1 aliphatic rings. The first kappa shape index (κ1) is 19.4. The van der Waals surface area contributed by atoms with Gasteiger partial charge in [0.05, 0.1) is 13.0 Å². The molecule has 7 heteroatoms. The molecule has 3 N–H and O–H groups in total. The van der Waals surface area contributed by atoms with Crippen molar-refractivity contribution in [2.75, 3.05) is 25.1 Å². The highest BCUT2D eigenvalue weighted by atomic mass is 35.5. The van der Waals surface area contributed by atoms with Crippen molar-refractivity contribution >= 4 is 30.0 Å². The van der Waals surface area contributed by atoms with Gasteiger partial charge in [-0.05, 0) is 37.5 Å². The lowest BCUT2D eigenvalue weighted by molar-refractivity contribution is -0.142. The molecule has 1 aromatic rings. The first-order valence-corrected chi connectivity index (χ1v) is 7.46. The summed E-state index contributed by atoms with van der Waals surface area (Å²) in [5.41, 5.74) is 6.66. The molecule has 0 saturated carbocycles. The van der Waals surface area contributed by atoms with E-state index in [1.54, 1.807) is 25.1 Å². The highest BCUT2D eigenvalue weighted by Gasteiger charge is 2.35. The molecule has 1 heterocycles. The topological polar surface area (TPSA) is 90.7 Å². The Kier molecular flexibility index (Phi) is 7.48. The molecule has 0 bridgehead atoms. The van der Waals surface area contributed by atoms with E-state index in [0.717, 1.165) is 5.56 Å². The molecule has 0 atom stereocenters. The number of nitrogens with one attached hydrogen (secondary N) is 1. The average Bonchev–Trinajstić information content (AvgIpc) is 2.48. The van der Waals surface area contributed by atoms with Crippen LogP contribution in [-0.4, -0.2) is 37.2 Å². The predicted molar refractivity (Wildman–Crippen MR) is 89.6 cm³/mol. The number of halogens is 1. The molecule has 1 saturated heterocycles. The van der Waals surface area contributed by atoms with Crippen LogP contribution in [0.3, 0.4) is 0 Å². The van der Waals surface area contributed by atoms with Crippen LogP contribution in [0, 0.1) is 0 Å². The highest BCUT2D eigenvalue weighted by Crippen LogP contribution is 2.20. The van der Waals surface area contributed by atoms with Gasteiger partial charge < -0.3 is 20.5 Å². The standard InChI is InChI=1S/C16H22N2O4.ClH/c1-2-22-14(19)11-12-4-3-5-13(10-12)18-15(20)16(17)6-8-21-9-7-16;/h3-5,10H,2,6-9,11,17H2,1H3,(H,18,20);1H. The van der Waals surface area contributed by atoms with E-state index in [2.05, 4.69) is 5.32 Å². The van der Waals surface area contributed by atoms with Crippen LogP contribution < -0.4 is 11.1 Å². The third-order valence-electron chi connectivity index (χ3n) is 3.68. The van der Waals surface area contributed by atoms with Crippen molar-refractivity contribution in [3.05, 3.63) is 29.8 Å². The molecular weight excluding hydrogens is 320 g/mol. The monoisotopic (exact) mass is 342 g/mol. The predicted octanol–water partition coefficient (Wildman–Crippen LogP) is 1.66. The van der Waals surface area contributed by atoms with Crippen LogP contribution in [-0.2, 0) is 25.5 Å². The molecule has 0 spiro atoms. The molecule has 1 amide bonds. The van der Waals surface area contributed by atoms with E-state index < -0.39 is 5.54 Å². The van der Waals surface area contributed by atoms with Crippen molar-refractivity contribution in [3.63, 3.8) is 0 Å². The van der Waals surface area contributed by atoms with Crippen molar-refractivity contribution < 1.29 is 19.1 Å². The molecule has 0 radical (unpaired) electrons. The first-order valence-electron chi connectivity index (χ1n) is 7.46. The van der Waals surface area contributed by atoms with Crippen LogP contribution in [0.5, 0.6) is 0 Å². The summed E-state index contributed by atoms with van der Waals surface area (Å²) in [4.78, 5) is 23.8. The maximum Gasteiger partial charge on any atom is 0.310 e. The first-order chi connectivity index (χ1) is 10.5. The molecule has 128 valence electrons. The summed E-state index contributed by atoms with van der Waals surface area (Å²) in [5.74, 6) is -0.505. The van der Waals surface area contributed by atoms with Gasteiger partial charge in [-0.15, -0.1) is 12.4 Å². The summed E-state index contributed by atoms with van der Waals surface area (Å²) in [6.45, 7) is 3.11. The lowest BCUT2D eigenvalue weighted by Crippen LogP contribution is -2.54. The second-order valence-corrected chi connectivity index (χ2v) is 5.40. The number of carbonyl (C=O) groups excluding carboxylic acids is 2. The van der Waals surface area contributed by atoms with Gasteiger partial charge in [0.1, 0.15) is 5.54 Å².